The predicted octanol–water partition coefficient (Wildman–Crippen LogP) is 3.41. The molecular weight excluding hydrogens is 268 g/mol. The molecule has 6 heteroatoms. The number of aryl methyl sites for hydroxylation is 3. The molecule has 0 saturated heterocycles. The lowest BCUT2D eigenvalue weighted by Gasteiger charge is -2.12. The van der Waals surface area contributed by atoms with Gasteiger partial charge in [0.05, 0.1) is 4.92 Å². The second-order valence-corrected chi connectivity index (χ2v) is 4.99. The molecular formula is C15H18N4O2. The summed E-state index contributed by atoms with van der Waals surface area (Å²) >= 11 is 0. The molecule has 1 heterocycles. The highest BCUT2D eigenvalue weighted by Gasteiger charge is 2.21. The molecule has 1 aromatic carbocycles. The molecule has 0 saturated carbocycles. The van der Waals surface area contributed by atoms with Crippen molar-refractivity contribution in [3.63, 3.8) is 0 Å². The van der Waals surface area contributed by atoms with Crippen LogP contribution in [0.3, 0.4) is 0 Å². The van der Waals surface area contributed by atoms with Gasteiger partial charge in [0.25, 0.3) is 0 Å². The van der Waals surface area contributed by atoms with E-state index in [0.717, 1.165) is 22.3 Å². The molecule has 1 N–H and O–H groups in total. The standard InChI is InChI=1S/C15H18N4O2/c1-5-16-15-17-8-12(19(20)21)14(18-15)13-10(3)6-9(2)7-11(13)4/h6-8H,5H2,1-4H3,(H,16,17,18). The monoisotopic (exact) mass is 286 g/mol. The summed E-state index contributed by atoms with van der Waals surface area (Å²) in [7, 11) is 0. The van der Waals surface area contributed by atoms with Gasteiger partial charge in [0, 0.05) is 12.1 Å². The van der Waals surface area contributed by atoms with Crippen LogP contribution in [0.15, 0.2) is 18.3 Å². The molecule has 0 unspecified atom stereocenters. The van der Waals surface area contributed by atoms with Crippen LogP contribution in [0.2, 0.25) is 0 Å². The number of benzene rings is 1. The molecule has 21 heavy (non-hydrogen) atoms. The number of nitro groups is 1. The largest absolute Gasteiger partial charge is 0.354 e. The Balaban J connectivity index is 2.71. The van der Waals surface area contributed by atoms with Crippen LogP contribution in [0.4, 0.5) is 11.6 Å². The van der Waals surface area contributed by atoms with Gasteiger partial charge in [-0.2, -0.15) is 0 Å². The lowest BCUT2D eigenvalue weighted by atomic mass is 9.96. The first-order valence-electron chi connectivity index (χ1n) is 6.77. The zero-order chi connectivity index (χ0) is 15.6. The lowest BCUT2D eigenvalue weighted by molar-refractivity contribution is -0.384. The zero-order valence-electron chi connectivity index (χ0n) is 12.6. The second kappa shape index (κ2) is 5.87. The van der Waals surface area contributed by atoms with Crippen molar-refractivity contribution in [3.8, 4) is 11.3 Å². The first-order chi connectivity index (χ1) is 9.93. The van der Waals surface area contributed by atoms with Gasteiger partial charge in [-0.1, -0.05) is 17.7 Å². The Morgan fingerprint density at radius 3 is 2.38 bits per heavy atom. The number of nitrogens with zero attached hydrogens (tertiary/aromatic N) is 3. The van der Waals surface area contributed by atoms with Crippen LogP contribution in [0.25, 0.3) is 11.3 Å². The summed E-state index contributed by atoms with van der Waals surface area (Å²) in [6.07, 6.45) is 1.26. The van der Waals surface area contributed by atoms with Crippen molar-refractivity contribution in [2.24, 2.45) is 0 Å². The van der Waals surface area contributed by atoms with Gasteiger partial charge in [0.2, 0.25) is 5.95 Å². The van der Waals surface area contributed by atoms with E-state index in [1.165, 1.54) is 6.20 Å². The maximum absolute atomic E-state index is 11.3. The van der Waals surface area contributed by atoms with Gasteiger partial charge in [-0.25, -0.2) is 9.97 Å². The molecule has 0 atom stereocenters. The number of rotatable bonds is 4. The predicted molar refractivity (Wildman–Crippen MR) is 82.5 cm³/mol. The Morgan fingerprint density at radius 1 is 1.24 bits per heavy atom. The Hall–Kier alpha value is -2.50. The first kappa shape index (κ1) is 14.9. The number of anilines is 1. The minimum atomic E-state index is -0.441. The fourth-order valence-corrected chi connectivity index (χ4v) is 2.49. The fourth-order valence-electron chi connectivity index (χ4n) is 2.49. The van der Waals surface area contributed by atoms with Crippen LogP contribution in [0.5, 0.6) is 0 Å². The number of nitrogens with one attached hydrogen (secondary N) is 1. The highest BCUT2D eigenvalue weighted by molar-refractivity contribution is 5.75. The number of hydrogen-bond donors (Lipinski definition) is 1. The van der Waals surface area contributed by atoms with E-state index in [4.69, 9.17) is 0 Å². The van der Waals surface area contributed by atoms with Gasteiger partial charge in [-0.15, -0.1) is 0 Å². The zero-order valence-corrected chi connectivity index (χ0v) is 12.6. The van der Waals surface area contributed by atoms with E-state index in [1.807, 2.05) is 39.8 Å². The molecule has 0 aliphatic carbocycles. The van der Waals surface area contributed by atoms with Crippen LogP contribution in [0, 0.1) is 30.9 Å². The molecule has 0 aliphatic heterocycles. The molecule has 0 bridgehead atoms. The molecule has 0 amide bonds. The summed E-state index contributed by atoms with van der Waals surface area (Å²) in [4.78, 5) is 19.1. The molecule has 0 fully saturated rings. The average molecular weight is 286 g/mol. The van der Waals surface area contributed by atoms with Gasteiger partial charge in [0.1, 0.15) is 6.20 Å². The van der Waals surface area contributed by atoms with E-state index in [1.54, 1.807) is 0 Å². The van der Waals surface area contributed by atoms with Gasteiger partial charge < -0.3 is 5.32 Å². The van der Waals surface area contributed by atoms with Crippen LogP contribution < -0.4 is 5.32 Å². The van der Waals surface area contributed by atoms with E-state index in [9.17, 15) is 10.1 Å². The molecule has 0 radical (unpaired) electrons. The topological polar surface area (TPSA) is 81.0 Å². The third kappa shape index (κ3) is 2.99. The van der Waals surface area contributed by atoms with Gasteiger partial charge in [0.15, 0.2) is 5.69 Å². The van der Waals surface area contributed by atoms with Gasteiger partial charge >= 0.3 is 5.69 Å². The van der Waals surface area contributed by atoms with Crippen LogP contribution >= 0.6 is 0 Å². The smallest absolute Gasteiger partial charge is 0.313 e. The molecule has 110 valence electrons. The van der Waals surface area contributed by atoms with Gasteiger partial charge in [-0.05, 0) is 38.8 Å². The third-order valence-corrected chi connectivity index (χ3v) is 3.21. The van der Waals surface area contributed by atoms with E-state index in [2.05, 4.69) is 15.3 Å². The van der Waals surface area contributed by atoms with Crippen molar-refractivity contribution in [3.05, 3.63) is 45.1 Å². The number of aromatic nitrogens is 2. The fraction of sp³-hybridized carbons (Fsp3) is 0.333. The first-order valence-corrected chi connectivity index (χ1v) is 6.77. The second-order valence-electron chi connectivity index (χ2n) is 4.99. The maximum atomic E-state index is 11.3. The van der Waals surface area contributed by atoms with Crippen LogP contribution in [-0.4, -0.2) is 21.4 Å². The average Bonchev–Trinajstić information content (AvgIpc) is 2.37. The third-order valence-electron chi connectivity index (χ3n) is 3.21. The Labute approximate surface area is 123 Å². The van der Waals surface area contributed by atoms with Crippen LogP contribution in [0.1, 0.15) is 23.6 Å². The maximum Gasteiger partial charge on any atom is 0.313 e. The van der Waals surface area contributed by atoms with Crippen molar-refractivity contribution < 1.29 is 4.92 Å². The highest BCUT2D eigenvalue weighted by atomic mass is 16.6. The van der Waals surface area contributed by atoms with Crippen molar-refractivity contribution in [2.45, 2.75) is 27.7 Å². The van der Waals surface area contributed by atoms with E-state index in [0.29, 0.717) is 18.2 Å². The quantitative estimate of drug-likeness (QED) is 0.688. The van der Waals surface area contributed by atoms with E-state index >= 15 is 0 Å². The molecule has 6 nitrogen and oxygen atoms in total. The Morgan fingerprint density at radius 2 is 1.86 bits per heavy atom. The van der Waals surface area contributed by atoms with Crippen molar-refractivity contribution >= 4 is 11.6 Å². The molecule has 2 rings (SSSR count). The van der Waals surface area contributed by atoms with Crippen LogP contribution in [-0.2, 0) is 0 Å². The van der Waals surface area contributed by atoms with Crippen molar-refractivity contribution in [2.75, 3.05) is 11.9 Å². The molecule has 1 aromatic heterocycles. The summed E-state index contributed by atoms with van der Waals surface area (Å²) in [5.41, 5.74) is 4.15. The van der Waals surface area contributed by atoms with Crippen molar-refractivity contribution in [1.29, 1.82) is 0 Å². The SMILES string of the molecule is CCNc1ncc([N+](=O)[O-])c(-c2c(C)cc(C)cc2C)n1. The van der Waals surface area contributed by atoms with E-state index in [-0.39, 0.29) is 5.69 Å². The lowest BCUT2D eigenvalue weighted by Crippen LogP contribution is -2.06. The summed E-state index contributed by atoms with van der Waals surface area (Å²) < 4.78 is 0. The Kier molecular flexibility index (Phi) is 4.16. The van der Waals surface area contributed by atoms with Gasteiger partial charge in [-0.3, -0.25) is 10.1 Å². The Bertz CT molecular complexity index is 675. The minimum Gasteiger partial charge on any atom is -0.354 e. The summed E-state index contributed by atoms with van der Waals surface area (Å²) in [5, 5.41) is 14.2. The minimum absolute atomic E-state index is 0.0771. The molecule has 2 aromatic rings. The summed E-state index contributed by atoms with van der Waals surface area (Å²) in [6, 6.07) is 4.00. The highest BCUT2D eigenvalue weighted by Crippen LogP contribution is 2.33. The van der Waals surface area contributed by atoms with E-state index < -0.39 is 4.92 Å². The molecule has 0 aliphatic rings. The normalized spacial score (nSPS) is 10.5. The summed E-state index contributed by atoms with van der Waals surface area (Å²) in [6.45, 7) is 8.46. The van der Waals surface area contributed by atoms with Crippen molar-refractivity contribution in [1.82, 2.24) is 9.97 Å². The molecule has 0 spiro atoms. The number of hydrogen-bond acceptors (Lipinski definition) is 5. The summed E-state index contributed by atoms with van der Waals surface area (Å²) in [5.74, 6) is 0.400.